The van der Waals surface area contributed by atoms with Gasteiger partial charge in [0.15, 0.2) is 6.33 Å². The normalized spacial score (nSPS) is 18.6. The number of piperidine rings is 1. The third kappa shape index (κ3) is 3.72. The molecular weight excluding hydrogens is 323 g/mol. The van der Waals surface area contributed by atoms with Gasteiger partial charge in [0, 0.05) is 19.0 Å². The highest BCUT2D eigenvalue weighted by Crippen LogP contribution is 2.33. The number of carbonyl (C=O) groups is 1. The molecule has 2 heterocycles. The van der Waals surface area contributed by atoms with Gasteiger partial charge >= 0.3 is 6.18 Å². The Morgan fingerprint density at radius 2 is 2.17 bits per heavy atom. The van der Waals surface area contributed by atoms with Crippen molar-refractivity contribution in [1.82, 2.24) is 25.1 Å². The van der Waals surface area contributed by atoms with Gasteiger partial charge in [0.05, 0.1) is 5.56 Å². The standard InChI is InChI=1S/C15H16F3N5O/c16-15(17,18)13-5-1-3-11(7-13)12-4-2-6-22(8-12)14(24)9-23-20-10-19-21-23/h1,3,5,7,10,12H,2,4,6,8-9H2/t12-/m0/s1. The second-order valence-electron chi connectivity index (χ2n) is 5.77. The van der Waals surface area contributed by atoms with Gasteiger partial charge in [0.25, 0.3) is 0 Å². The lowest BCUT2D eigenvalue weighted by atomic mass is 9.89. The molecule has 1 amide bonds. The van der Waals surface area contributed by atoms with Gasteiger partial charge in [0.1, 0.15) is 6.54 Å². The molecule has 0 N–H and O–H groups in total. The molecule has 0 aliphatic carbocycles. The first-order valence-corrected chi connectivity index (χ1v) is 7.59. The highest BCUT2D eigenvalue weighted by Gasteiger charge is 2.32. The SMILES string of the molecule is O=C(Cn1ncnn1)N1CCC[C@H](c2cccc(C(F)(F)F)c2)C1. The Labute approximate surface area is 136 Å². The molecule has 0 spiro atoms. The average molecular weight is 339 g/mol. The van der Waals surface area contributed by atoms with E-state index in [0.29, 0.717) is 18.7 Å². The number of carbonyl (C=O) groups excluding carboxylic acids is 1. The highest BCUT2D eigenvalue weighted by atomic mass is 19.4. The molecule has 1 fully saturated rings. The van der Waals surface area contributed by atoms with Crippen LogP contribution in [-0.2, 0) is 17.5 Å². The van der Waals surface area contributed by atoms with Crippen molar-refractivity contribution in [2.75, 3.05) is 13.1 Å². The number of halogens is 3. The van der Waals surface area contributed by atoms with E-state index >= 15 is 0 Å². The first-order valence-electron chi connectivity index (χ1n) is 7.59. The van der Waals surface area contributed by atoms with Crippen LogP contribution in [0.1, 0.15) is 29.9 Å². The predicted octanol–water partition coefficient (Wildman–Crippen LogP) is 2.10. The Bertz CT molecular complexity index is 701. The molecule has 0 bridgehead atoms. The summed E-state index contributed by atoms with van der Waals surface area (Å²) in [6, 6.07) is 5.34. The molecule has 1 aromatic heterocycles. The van der Waals surface area contributed by atoms with Crippen molar-refractivity contribution < 1.29 is 18.0 Å². The minimum atomic E-state index is -4.36. The number of benzene rings is 1. The molecular formula is C15H16F3N5O. The zero-order valence-corrected chi connectivity index (χ0v) is 12.8. The van der Waals surface area contributed by atoms with Gasteiger partial charge in [-0.25, -0.2) is 0 Å². The van der Waals surface area contributed by atoms with Crippen LogP contribution in [0.25, 0.3) is 0 Å². The van der Waals surface area contributed by atoms with E-state index in [9.17, 15) is 18.0 Å². The molecule has 0 unspecified atom stereocenters. The van der Waals surface area contributed by atoms with Crippen molar-refractivity contribution in [2.24, 2.45) is 0 Å². The van der Waals surface area contributed by atoms with Gasteiger partial charge < -0.3 is 4.90 Å². The summed E-state index contributed by atoms with van der Waals surface area (Å²) in [5.74, 6) is -0.265. The van der Waals surface area contributed by atoms with Crippen molar-refractivity contribution in [3.63, 3.8) is 0 Å². The zero-order valence-electron chi connectivity index (χ0n) is 12.8. The predicted molar refractivity (Wildman–Crippen MR) is 77.8 cm³/mol. The topological polar surface area (TPSA) is 63.9 Å². The summed E-state index contributed by atoms with van der Waals surface area (Å²) < 4.78 is 38.6. The van der Waals surface area contributed by atoms with E-state index < -0.39 is 11.7 Å². The molecule has 1 saturated heterocycles. The van der Waals surface area contributed by atoms with Gasteiger partial charge in [-0.15, -0.1) is 10.2 Å². The molecule has 0 saturated carbocycles. The molecule has 1 aromatic carbocycles. The Hall–Kier alpha value is -2.45. The Morgan fingerprint density at radius 1 is 1.33 bits per heavy atom. The second-order valence-corrected chi connectivity index (χ2v) is 5.77. The summed E-state index contributed by atoms with van der Waals surface area (Å²) in [6.07, 6.45) is -1.61. The Kier molecular flexibility index (Phi) is 4.50. The number of hydrogen-bond donors (Lipinski definition) is 0. The van der Waals surface area contributed by atoms with Crippen molar-refractivity contribution in [2.45, 2.75) is 31.5 Å². The first kappa shape index (κ1) is 16.4. The Morgan fingerprint density at radius 3 is 2.88 bits per heavy atom. The number of tetrazole rings is 1. The van der Waals surface area contributed by atoms with Crippen LogP contribution in [0, 0.1) is 0 Å². The van der Waals surface area contributed by atoms with Crippen LogP contribution in [-0.4, -0.2) is 44.1 Å². The molecule has 1 aliphatic rings. The molecule has 9 heteroatoms. The second kappa shape index (κ2) is 6.58. The number of alkyl halides is 3. The Balaban J connectivity index is 1.70. The summed E-state index contributed by atoms with van der Waals surface area (Å²) in [4.78, 5) is 15.1. The van der Waals surface area contributed by atoms with Crippen molar-refractivity contribution in [3.8, 4) is 0 Å². The number of rotatable bonds is 3. The highest BCUT2D eigenvalue weighted by molar-refractivity contribution is 5.76. The number of amides is 1. The largest absolute Gasteiger partial charge is 0.416 e. The number of hydrogen-bond acceptors (Lipinski definition) is 4. The van der Waals surface area contributed by atoms with E-state index in [1.165, 1.54) is 23.3 Å². The maximum atomic E-state index is 12.9. The van der Waals surface area contributed by atoms with Gasteiger partial charge in [-0.1, -0.05) is 18.2 Å². The van der Waals surface area contributed by atoms with Crippen LogP contribution < -0.4 is 0 Å². The molecule has 128 valence electrons. The maximum Gasteiger partial charge on any atom is 0.416 e. The van der Waals surface area contributed by atoms with Crippen LogP contribution in [0.2, 0.25) is 0 Å². The van der Waals surface area contributed by atoms with Gasteiger partial charge in [0.2, 0.25) is 5.91 Å². The van der Waals surface area contributed by atoms with Gasteiger partial charge in [-0.05, 0) is 29.7 Å². The van der Waals surface area contributed by atoms with Crippen LogP contribution in [0.3, 0.4) is 0 Å². The maximum absolute atomic E-state index is 12.9. The van der Waals surface area contributed by atoms with Crippen molar-refractivity contribution in [1.29, 1.82) is 0 Å². The molecule has 24 heavy (non-hydrogen) atoms. The fourth-order valence-electron chi connectivity index (χ4n) is 2.93. The van der Waals surface area contributed by atoms with E-state index in [4.69, 9.17) is 0 Å². The lowest BCUT2D eigenvalue weighted by molar-refractivity contribution is -0.138. The minimum Gasteiger partial charge on any atom is -0.340 e. The third-order valence-electron chi connectivity index (χ3n) is 4.13. The van der Waals surface area contributed by atoms with Crippen LogP contribution >= 0.6 is 0 Å². The first-order chi connectivity index (χ1) is 11.4. The number of aromatic nitrogens is 4. The lowest BCUT2D eigenvalue weighted by Gasteiger charge is -2.33. The summed E-state index contributed by atoms with van der Waals surface area (Å²) in [6.45, 7) is 0.965. The monoisotopic (exact) mass is 339 g/mol. The average Bonchev–Trinajstić information content (AvgIpc) is 3.07. The fourth-order valence-corrected chi connectivity index (χ4v) is 2.93. The summed E-state index contributed by atoms with van der Waals surface area (Å²) in [5.41, 5.74) is -0.0449. The van der Waals surface area contributed by atoms with E-state index in [0.717, 1.165) is 18.9 Å². The van der Waals surface area contributed by atoms with Crippen LogP contribution in [0.4, 0.5) is 13.2 Å². The zero-order chi connectivity index (χ0) is 17.2. The summed E-state index contributed by atoms with van der Waals surface area (Å²) in [7, 11) is 0. The smallest absolute Gasteiger partial charge is 0.340 e. The molecule has 3 rings (SSSR count). The number of nitrogens with zero attached hydrogens (tertiary/aromatic N) is 5. The minimum absolute atomic E-state index is 0.0185. The molecule has 1 atom stereocenters. The fraction of sp³-hybridized carbons (Fsp3) is 0.467. The van der Waals surface area contributed by atoms with Crippen LogP contribution in [0.5, 0.6) is 0 Å². The van der Waals surface area contributed by atoms with E-state index in [1.54, 1.807) is 11.0 Å². The molecule has 0 radical (unpaired) electrons. The van der Waals surface area contributed by atoms with Crippen molar-refractivity contribution in [3.05, 3.63) is 41.7 Å². The van der Waals surface area contributed by atoms with E-state index in [2.05, 4.69) is 15.4 Å². The van der Waals surface area contributed by atoms with Crippen LogP contribution in [0.15, 0.2) is 30.6 Å². The summed E-state index contributed by atoms with van der Waals surface area (Å²) in [5, 5.41) is 11.0. The van der Waals surface area contributed by atoms with E-state index in [-0.39, 0.29) is 18.4 Å². The molecule has 6 nitrogen and oxygen atoms in total. The third-order valence-corrected chi connectivity index (χ3v) is 4.13. The van der Waals surface area contributed by atoms with E-state index in [1.807, 2.05) is 0 Å². The quantitative estimate of drug-likeness (QED) is 0.859. The molecule has 2 aromatic rings. The lowest BCUT2D eigenvalue weighted by Crippen LogP contribution is -2.41. The van der Waals surface area contributed by atoms with Crippen molar-refractivity contribution >= 4 is 5.91 Å². The summed E-state index contributed by atoms with van der Waals surface area (Å²) >= 11 is 0. The molecule has 1 aliphatic heterocycles. The van der Waals surface area contributed by atoms with Gasteiger partial charge in [-0.3, -0.25) is 4.79 Å². The number of likely N-dealkylation sites (tertiary alicyclic amines) is 1. The van der Waals surface area contributed by atoms with Gasteiger partial charge in [-0.2, -0.15) is 18.0 Å².